The van der Waals surface area contributed by atoms with Gasteiger partial charge in [-0.2, -0.15) is 0 Å². The summed E-state index contributed by atoms with van der Waals surface area (Å²) >= 11 is 3.68. The van der Waals surface area contributed by atoms with E-state index in [4.69, 9.17) is 10.5 Å². The molecule has 0 aliphatic heterocycles. The lowest BCUT2D eigenvalue weighted by molar-refractivity contribution is 0.287. The van der Waals surface area contributed by atoms with Crippen LogP contribution in [0.2, 0.25) is 0 Å². The molecule has 0 spiro atoms. The third-order valence-electron chi connectivity index (χ3n) is 4.71. The minimum absolute atomic E-state index is 0.0943. The first-order valence-electron chi connectivity index (χ1n) is 7.62. The lowest BCUT2D eigenvalue weighted by Crippen LogP contribution is -2.37. The fourth-order valence-corrected chi connectivity index (χ4v) is 4.00. The summed E-state index contributed by atoms with van der Waals surface area (Å²) in [5, 5.41) is 0. The molecule has 1 aromatic carbocycles. The molecule has 1 aliphatic rings. The van der Waals surface area contributed by atoms with E-state index >= 15 is 0 Å². The predicted molar refractivity (Wildman–Crippen MR) is 88.6 cm³/mol. The Hall–Kier alpha value is -0.540. The number of hydrogen-bond acceptors (Lipinski definition) is 2. The topological polar surface area (TPSA) is 35.2 Å². The molecule has 0 saturated heterocycles. The van der Waals surface area contributed by atoms with Crippen molar-refractivity contribution in [2.45, 2.75) is 57.3 Å². The van der Waals surface area contributed by atoms with Crippen LogP contribution in [0.3, 0.4) is 0 Å². The van der Waals surface area contributed by atoms with E-state index in [0.717, 1.165) is 10.2 Å². The maximum absolute atomic E-state index is 6.20. The van der Waals surface area contributed by atoms with Crippen LogP contribution in [0.1, 0.15) is 63.0 Å². The Bertz CT molecular complexity index is 464. The minimum atomic E-state index is 0.0943. The van der Waals surface area contributed by atoms with Crippen molar-refractivity contribution in [3.05, 3.63) is 27.7 Å². The smallest absolute Gasteiger partial charge is 0.136 e. The van der Waals surface area contributed by atoms with Crippen molar-refractivity contribution in [1.29, 1.82) is 0 Å². The van der Waals surface area contributed by atoms with Crippen LogP contribution in [0.5, 0.6) is 5.75 Å². The predicted octanol–water partition coefficient (Wildman–Crippen LogP) is 4.74. The molecule has 0 amide bonds. The van der Waals surface area contributed by atoms with Crippen LogP contribution in [0.15, 0.2) is 16.6 Å². The number of benzene rings is 1. The van der Waals surface area contributed by atoms with Gasteiger partial charge in [0.05, 0.1) is 11.6 Å². The van der Waals surface area contributed by atoms with Gasteiger partial charge in [-0.3, -0.25) is 0 Å². The van der Waals surface area contributed by atoms with Crippen LogP contribution < -0.4 is 10.5 Å². The summed E-state index contributed by atoms with van der Waals surface area (Å²) in [4.78, 5) is 0. The van der Waals surface area contributed by atoms with Crippen LogP contribution in [0.25, 0.3) is 0 Å². The van der Waals surface area contributed by atoms with Gasteiger partial charge in [0.15, 0.2) is 0 Å². The molecular weight excluding hydrogens is 314 g/mol. The van der Waals surface area contributed by atoms with Gasteiger partial charge in [-0.15, -0.1) is 0 Å². The average Bonchev–Trinajstić information content (AvgIpc) is 2.47. The molecule has 1 aliphatic carbocycles. The number of halogens is 1. The van der Waals surface area contributed by atoms with Crippen molar-refractivity contribution >= 4 is 15.9 Å². The Morgan fingerprint density at radius 3 is 2.40 bits per heavy atom. The van der Waals surface area contributed by atoms with Gasteiger partial charge < -0.3 is 10.5 Å². The third kappa shape index (κ3) is 2.89. The monoisotopic (exact) mass is 339 g/mol. The van der Waals surface area contributed by atoms with Gasteiger partial charge >= 0.3 is 0 Å². The average molecular weight is 340 g/mol. The number of nitrogens with two attached hydrogens (primary N) is 1. The number of hydrogen-bond donors (Lipinski definition) is 1. The highest BCUT2D eigenvalue weighted by atomic mass is 79.9. The van der Waals surface area contributed by atoms with Gasteiger partial charge in [-0.05, 0) is 46.3 Å². The first kappa shape index (κ1) is 15.8. The molecule has 2 N–H and O–H groups in total. The summed E-state index contributed by atoms with van der Waals surface area (Å²) < 4.78 is 6.74. The third-order valence-corrected chi connectivity index (χ3v) is 5.30. The quantitative estimate of drug-likeness (QED) is 0.859. The molecule has 0 unspecified atom stereocenters. The highest BCUT2D eigenvalue weighted by Crippen LogP contribution is 2.46. The van der Waals surface area contributed by atoms with Crippen molar-refractivity contribution in [1.82, 2.24) is 0 Å². The van der Waals surface area contributed by atoms with E-state index in [9.17, 15) is 0 Å². The molecule has 2 nitrogen and oxygen atoms in total. The van der Waals surface area contributed by atoms with Crippen molar-refractivity contribution in [2.75, 3.05) is 13.7 Å². The normalized spacial score (nSPS) is 18.3. The first-order chi connectivity index (χ1) is 9.54. The van der Waals surface area contributed by atoms with Crippen molar-refractivity contribution < 1.29 is 4.74 Å². The van der Waals surface area contributed by atoms with Gasteiger partial charge in [0.1, 0.15) is 5.75 Å². The van der Waals surface area contributed by atoms with Gasteiger partial charge in [0, 0.05) is 17.5 Å². The molecule has 20 heavy (non-hydrogen) atoms. The Labute approximate surface area is 131 Å². The molecule has 0 atom stereocenters. The Kier molecular flexibility index (Phi) is 5.14. The maximum Gasteiger partial charge on any atom is 0.136 e. The van der Waals surface area contributed by atoms with E-state index in [0.29, 0.717) is 12.5 Å². The molecule has 0 bridgehead atoms. The molecule has 0 aromatic heterocycles. The first-order valence-corrected chi connectivity index (χ1v) is 8.41. The number of ether oxygens (including phenoxy) is 1. The van der Waals surface area contributed by atoms with E-state index in [1.165, 1.54) is 43.2 Å². The minimum Gasteiger partial charge on any atom is -0.495 e. The molecular formula is C17H26BrNO. The van der Waals surface area contributed by atoms with E-state index in [1.807, 2.05) is 0 Å². The van der Waals surface area contributed by atoms with E-state index in [-0.39, 0.29) is 5.41 Å². The van der Waals surface area contributed by atoms with Gasteiger partial charge in [-0.25, -0.2) is 0 Å². The van der Waals surface area contributed by atoms with Gasteiger partial charge in [-0.1, -0.05) is 39.2 Å². The summed E-state index contributed by atoms with van der Waals surface area (Å²) in [6, 6.07) is 4.51. The second kappa shape index (κ2) is 6.48. The Morgan fingerprint density at radius 1 is 1.25 bits per heavy atom. The van der Waals surface area contributed by atoms with E-state index < -0.39 is 0 Å². The summed E-state index contributed by atoms with van der Waals surface area (Å²) in [6.45, 7) is 5.17. The van der Waals surface area contributed by atoms with Crippen molar-refractivity contribution in [3.63, 3.8) is 0 Å². The fourth-order valence-electron chi connectivity index (χ4n) is 3.36. The van der Waals surface area contributed by atoms with Crippen molar-refractivity contribution in [2.24, 2.45) is 5.73 Å². The lowest BCUT2D eigenvalue weighted by Gasteiger charge is -2.38. The zero-order valence-electron chi connectivity index (χ0n) is 12.8. The molecule has 1 saturated carbocycles. The second-order valence-corrected chi connectivity index (χ2v) is 7.14. The summed E-state index contributed by atoms with van der Waals surface area (Å²) in [7, 11) is 1.76. The van der Waals surface area contributed by atoms with E-state index in [1.54, 1.807) is 7.11 Å². The largest absolute Gasteiger partial charge is 0.495 e. The van der Waals surface area contributed by atoms with Crippen LogP contribution in [0, 0.1) is 0 Å². The molecule has 0 heterocycles. The maximum atomic E-state index is 6.20. The van der Waals surface area contributed by atoms with Crippen molar-refractivity contribution in [3.8, 4) is 5.75 Å². The summed E-state index contributed by atoms with van der Waals surface area (Å²) in [5.74, 6) is 1.48. The second-order valence-electron chi connectivity index (χ2n) is 6.28. The Balaban J connectivity index is 2.57. The van der Waals surface area contributed by atoms with E-state index in [2.05, 4.69) is 41.9 Å². The molecule has 112 valence electrons. The van der Waals surface area contributed by atoms with Crippen LogP contribution in [0.4, 0.5) is 0 Å². The Morgan fingerprint density at radius 2 is 1.90 bits per heavy atom. The van der Waals surface area contributed by atoms with Gasteiger partial charge in [0.25, 0.3) is 0 Å². The standard InChI is InChI=1S/C17H26BrNO/c1-12(2)13-9-14(16(20-3)15(18)10-13)17(11-19)7-5-4-6-8-17/h9-10,12H,4-8,11,19H2,1-3H3. The molecule has 3 heteroatoms. The SMILES string of the molecule is COc1c(Br)cc(C(C)C)cc1C1(CN)CCCCC1. The highest BCUT2D eigenvalue weighted by molar-refractivity contribution is 9.10. The van der Waals surface area contributed by atoms with Gasteiger partial charge in [0.2, 0.25) is 0 Å². The molecule has 2 rings (SSSR count). The zero-order chi connectivity index (χ0) is 14.8. The summed E-state index contributed by atoms with van der Waals surface area (Å²) in [5.41, 5.74) is 8.95. The molecule has 0 radical (unpaired) electrons. The number of methoxy groups -OCH3 is 1. The zero-order valence-corrected chi connectivity index (χ0v) is 14.4. The summed E-state index contributed by atoms with van der Waals surface area (Å²) in [6.07, 6.45) is 6.21. The van der Waals surface area contributed by atoms with Crippen LogP contribution >= 0.6 is 15.9 Å². The molecule has 1 aromatic rings. The van der Waals surface area contributed by atoms with Crippen LogP contribution in [-0.4, -0.2) is 13.7 Å². The van der Waals surface area contributed by atoms with Crippen LogP contribution in [-0.2, 0) is 5.41 Å². The lowest BCUT2D eigenvalue weighted by atomic mass is 9.68. The fraction of sp³-hybridized carbons (Fsp3) is 0.647. The number of rotatable bonds is 4. The highest BCUT2D eigenvalue weighted by Gasteiger charge is 2.36. The molecule has 1 fully saturated rings.